The number of carbonyl (C=O) groups is 1. The molecule has 7 heteroatoms. The number of carbonyl (C=O) groups excluding carboxylic acids is 1. The number of H-pyrrole nitrogens is 1. The van der Waals surface area contributed by atoms with Gasteiger partial charge in [-0.3, -0.25) is 0 Å². The highest BCUT2D eigenvalue weighted by Crippen LogP contribution is 2.24. The fraction of sp³-hybridized carbons (Fsp3) is 0.200. The Hall–Kier alpha value is -3.48. The number of nitrogens with one attached hydrogen (secondary N) is 3. The predicted octanol–water partition coefficient (Wildman–Crippen LogP) is 3.96. The van der Waals surface area contributed by atoms with Crippen molar-refractivity contribution in [1.82, 2.24) is 25.9 Å². The number of aromatic nitrogens is 4. The van der Waals surface area contributed by atoms with E-state index >= 15 is 0 Å². The van der Waals surface area contributed by atoms with Gasteiger partial charge in [0, 0.05) is 11.3 Å². The van der Waals surface area contributed by atoms with E-state index in [1.807, 2.05) is 57.2 Å². The molecule has 0 unspecified atom stereocenters. The number of urea groups is 1. The first-order valence-corrected chi connectivity index (χ1v) is 8.54. The molecule has 3 rings (SSSR count). The fourth-order valence-electron chi connectivity index (χ4n) is 2.71. The summed E-state index contributed by atoms with van der Waals surface area (Å²) in [5, 5.41) is 19.7. The smallest absolute Gasteiger partial charge is 0.319 e. The molecule has 3 N–H and O–H groups in total. The summed E-state index contributed by atoms with van der Waals surface area (Å²) in [6, 6.07) is 15.0. The molecule has 27 heavy (non-hydrogen) atoms. The van der Waals surface area contributed by atoms with Gasteiger partial charge in [0.25, 0.3) is 0 Å². The van der Waals surface area contributed by atoms with Crippen LogP contribution in [0.2, 0.25) is 0 Å². The van der Waals surface area contributed by atoms with E-state index < -0.39 is 5.54 Å². The first-order chi connectivity index (χ1) is 12.8. The highest BCUT2D eigenvalue weighted by molar-refractivity contribution is 5.90. The molecular formula is C20H22N6O. The van der Waals surface area contributed by atoms with Crippen LogP contribution < -0.4 is 10.6 Å². The van der Waals surface area contributed by atoms with E-state index in [2.05, 4.69) is 37.8 Å². The minimum Gasteiger partial charge on any atom is -0.329 e. The Morgan fingerprint density at radius 3 is 2.63 bits per heavy atom. The molecule has 0 saturated heterocycles. The van der Waals surface area contributed by atoms with Crippen LogP contribution in [0, 0.1) is 0 Å². The second kappa shape index (κ2) is 7.41. The lowest BCUT2D eigenvalue weighted by atomic mass is 9.92. The molecule has 3 aromatic rings. The average Bonchev–Trinajstić information content (AvgIpc) is 3.16. The minimum atomic E-state index is -0.555. The number of rotatable bonds is 5. The number of aromatic amines is 1. The summed E-state index contributed by atoms with van der Waals surface area (Å²) in [6.45, 7) is 9.86. The zero-order valence-electron chi connectivity index (χ0n) is 15.6. The molecule has 0 fully saturated rings. The third-order valence-electron chi connectivity index (χ3n) is 4.23. The van der Waals surface area contributed by atoms with Crippen molar-refractivity contribution < 1.29 is 4.79 Å². The maximum atomic E-state index is 12.5. The summed E-state index contributed by atoms with van der Waals surface area (Å²) < 4.78 is 0. The zero-order chi connectivity index (χ0) is 19.4. The highest BCUT2D eigenvalue weighted by atomic mass is 16.2. The van der Waals surface area contributed by atoms with Crippen molar-refractivity contribution in [2.75, 3.05) is 5.32 Å². The second-order valence-electron chi connectivity index (χ2n) is 6.88. The van der Waals surface area contributed by atoms with E-state index in [-0.39, 0.29) is 6.03 Å². The highest BCUT2D eigenvalue weighted by Gasteiger charge is 2.23. The molecule has 1 heterocycles. The van der Waals surface area contributed by atoms with Crippen molar-refractivity contribution in [3.63, 3.8) is 0 Å². The molecule has 2 amide bonds. The van der Waals surface area contributed by atoms with E-state index in [0.717, 1.165) is 22.3 Å². The van der Waals surface area contributed by atoms with Crippen molar-refractivity contribution in [2.45, 2.75) is 26.3 Å². The lowest BCUT2D eigenvalue weighted by Gasteiger charge is -2.27. The number of hydrogen-bond donors (Lipinski definition) is 3. The summed E-state index contributed by atoms with van der Waals surface area (Å²) >= 11 is 0. The maximum absolute atomic E-state index is 12.5. The summed E-state index contributed by atoms with van der Waals surface area (Å²) in [5.74, 6) is 0.469. The van der Waals surface area contributed by atoms with Crippen molar-refractivity contribution >= 4 is 17.3 Å². The molecule has 138 valence electrons. The number of amides is 2. The lowest BCUT2D eigenvalue weighted by molar-refractivity contribution is 0.242. The van der Waals surface area contributed by atoms with Crippen LogP contribution in [0.1, 0.15) is 31.9 Å². The number of hydrogen-bond acceptors (Lipinski definition) is 4. The molecule has 7 nitrogen and oxygen atoms in total. The Kier molecular flexibility index (Phi) is 5.03. The number of allylic oxidation sites excluding steroid dienone is 1. The average molecular weight is 362 g/mol. The van der Waals surface area contributed by atoms with Crippen LogP contribution in [0.15, 0.2) is 55.1 Å². The van der Waals surface area contributed by atoms with Crippen LogP contribution in [0.4, 0.5) is 10.5 Å². The van der Waals surface area contributed by atoms with Gasteiger partial charge in [-0.05, 0) is 55.3 Å². The van der Waals surface area contributed by atoms with Gasteiger partial charge in [0.2, 0.25) is 5.82 Å². The van der Waals surface area contributed by atoms with E-state index in [9.17, 15) is 4.79 Å². The van der Waals surface area contributed by atoms with Crippen molar-refractivity contribution in [2.24, 2.45) is 0 Å². The standard InChI is InChI=1S/C20H22N6O/c1-13(2)14-7-5-9-16(11-14)20(3,4)22-19(27)21-17-10-6-8-15(12-17)18-23-25-26-24-18/h5-12H,1H2,2-4H3,(H2,21,22,27)(H,23,24,25,26). The molecule has 2 aromatic carbocycles. The third kappa shape index (κ3) is 4.38. The Labute approximate surface area is 157 Å². The predicted molar refractivity (Wildman–Crippen MR) is 106 cm³/mol. The van der Waals surface area contributed by atoms with Crippen LogP contribution in [-0.4, -0.2) is 26.7 Å². The Bertz CT molecular complexity index is 962. The zero-order valence-corrected chi connectivity index (χ0v) is 15.6. The molecular weight excluding hydrogens is 340 g/mol. The first kappa shape index (κ1) is 18.3. The van der Waals surface area contributed by atoms with Crippen LogP contribution in [0.25, 0.3) is 17.0 Å². The van der Waals surface area contributed by atoms with Crippen LogP contribution in [0.3, 0.4) is 0 Å². The normalized spacial score (nSPS) is 11.1. The van der Waals surface area contributed by atoms with Gasteiger partial charge in [-0.2, -0.15) is 5.21 Å². The lowest BCUT2D eigenvalue weighted by Crippen LogP contribution is -2.43. The quantitative estimate of drug-likeness (QED) is 0.640. The number of tetrazole rings is 1. The summed E-state index contributed by atoms with van der Waals surface area (Å²) in [5.41, 5.74) is 3.88. The summed E-state index contributed by atoms with van der Waals surface area (Å²) in [4.78, 5) is 12.5. The Balaban J connectivity index is 1.72. The molecule has 0 spiro atoms. The van der Waals surface area contributed by atoms with Crippen molar-refractivity contribution in [3.8, 4) is 11.4 Å². The van der Waals surface area contributed by atoms with E-state index in [4.69, 9.17) is 0 Å². The van der Waals surface area contributed by atoms with Gasteiger partial charge in [0.1, 0.15) is 0 Å². The monoisotopic (exact) mass is 362 g/mol. The van der Waals surface area contributed by atoms with E-state index in [1.54, 1.807) is 12.1 Å². The van der Waals surface area contributed by atoms with Gasteiger partial charge in [0.15, 0.2) is 0 Å². The fourth-order valence-corrected chi connectivity index (χ4v) is 2.71. The number of nitrogens with zero attached hydrogens (tertiary/aromatic N) is 3. The topological polar surface area (TPSA) is 95.6 Å². The van der Waals surface area contributed by atoms with E-state index in [0.29, 0.717) is 11.5 Å². The summed E-state index contributed by atoms with van der Waals surface area (Å²) in [7, 11) is 0. The van der Waals surface area contributed by atoms with Gasteiger partial charge in [-0.15, -0.1) is 10.2 Å². The Morgan fingerprint density at radius 1 is 1.15 bits per heavy atom. The summed E-state index contributed by atoms with van der Waals surface area (Å²) in [6.07, 6.45) is 0. The van der Waals surface area contributed by atoms with Crippen molar-refractivity contribution in [1.29, 1.82) is 0 Å². The molecule has 0 aliphatic heterocycles. The SMILES string of the molecule is C=C(C)c1cccc(C(C)(C)NC(=O)Nc2cccc(-c3nn[nH]n3)c2)c1. The number of benzene rings is 2. The van der Waals surface area contributed by atoms with Gasteiger partial charge in [0.05, 0.1) is 5.54 Å². The molecule has 0 atom stereocenters. The van der Waals surface area contributed by atoms with Gasteiger partial charge in [-0.1, -0.05) is 42.5 Å². The van der Waals surface area contributed by atoms with Gasteiger partial charge < -0.3 is 10.6 Å². The van der Waals surface area contributed by atoms with Gasteiger partial charge in [-0.25, -0.2) is 4.79 Å². The molecule has 0 aliphatic rings. The van der Waals surface area contributed by atoms with Crippen LogP contribution in [0.5, 0.6) is 0 Å². The van der Waals surface area contributed by atoms with Crippen molar-refractivity contribution in [3.05, 3.63) is 66.2 Å². The maximum Gasteiger partial charge on any atom is 0.319 e. The van der Waals surface area contributed by atoms with E-state index in [1.165, 1.54) is 0 Å². The molecule has 1 aromatic heterocycles. The third-order valence-corrected chi connectivity index (χ3v) is 4.23. The molecule has 0 bridgehead atoms. The Morgan fingerprint density at radius 2 is 1.93 bits per heavy atom. The second-order valence-corrected chi connectivity index (χ2v) is 6.88. The largest absolute Gasteiger partial charge is 0.329 e. The number of anilines is 1. The van der Waals surface area contributed by atoms with Gasteiger partial charge >= 0.3 is 6.03 Å². The van der Waals surface area contributed by atoms with Crippen LogP contribution in [-0.2, 0) is 5.54 Å². The molecule has 0 saturated carbocycles. The molecule has 0 aliphatic carbocycles. The van der Waals surface area contributed by atoms with Crippen LogP contribution >= 0.6 is 0 Å². The molecule has 0 radical (unpaired) electrons. The first-order valence-electron chi connectivity index (χ1n) is 8.54. The minimum absolute atomic E-state index is 0.300.